The average molecular weight is 371 g/mol. The van der Waals surface area contributed by atoms with E-state index in [4.69, 9.17) is 10.5 Å². The first-order valence-corrected chi connectivity index (χ1v) is 9.41. The second kappa shape index (κ2) is 7.70. The summed E-state index contributed by atoms with van der Waals surface area (Å²) in [5.74, 6) is 1.14. The fraction of sp³-hybridized carbons (Fsp3) is 0.412. The van der Waals surface area contributed by atoms with Crippen LogP contribution in [0.25, 0.3) is 10.8 Å². The molecule has 2 aromatic rings. The Kier molecular flexibility index (Phi) is 6.09. The summed E-state index contributed by atoms with van der Waals surface area (Å²) in [5.41, 5.74) is 5.99. The number of nitrogens with one attached hydrogen (secondary N) is 1. The lowest BCUT2D eigenvalue weighted by Gasteiger charge is -2.15. The van der Waals surface area contributed by atoms with E-state index in [1.807, 2.05) is 25.1 Å². The molecule has 1 saturated carbocycles. The molecule has 0 radical (unpaired) electrons. The fourth-order valence-corrected chi connectivity index (χ4v) is 4.02. The van der Waals surface area contributed by atoms with Crippen molar-refractivity contribution in [3.8, 4) is 5.75 Å². The topological polar surface area (TPSA) is 81.4 Å². The van der Waals surface area contributed by atoms with Gasteiger partial charge in [0.2, 0.25) is 10.0 Å². The molecule has 1 atom stereocenters. The lowest BCUT2D eigenvalue weighted by Crippen LogP contribution is -2.38. The highest BCUT2D eigenvalue weighted by Gasteiger charge is 2.29. The van der Waals surface area contributed by atoms with Gasteiger partial charge in [-0.15, -0.1) is 12.4 Å². The third-order valence-corrected chi connectivity index (χ3v) is 5.65. The van der Waals surface area contributed by atoms with Gasteiger partial charge in [0.1, 0.15) is 5.75 Å². The summed E-state index contributed by atoms with van der Waals surface area (Å²) >= 11 is 0. The van der Waals surface area contributed by atoms with E-state index >= 15 is 0 Å². The van der Waals surface area contributed by atoms with Crippen LogP contribution in [0, 0.1) is 5.92 Å². The molecule has 0 spiro atoms. The summed E-state index contributed by atoms with van der Waals surface area (Å²) in [5, 5.41) is 1.45. The lowest BCUT2D eigenvalue weighted by atomic mass is 10.1. The zero-order valence-corrected chi connectivity index (χ0v) is 15.2. The van der Waals surface area contributed by atoms with Crippen molar-refractivity contribution in [2.45, 2.75) is 30.7 Å². The van der Waals surface area contributed by atoms with Crippen LogP contribution in [-0.2, 0) is 10.0 Å². The molecule has 0 amide bonds. The smallest absolute Gasteiger partial charge is 0.241 e. The van der Waals surface area contributed by atoms with Crippen LogP contribution in [0.15, 0.2) is 41.3 Å². The van der Waals surface area contributed by atoms with Crippen LogP contribution < -0.4 is 15.2 Å². The van der Waals surface area contributed by atoms with Gasteiger partial charge in [0.25, 0.3) is 0 Å². The van der Waals surface area contributed by atoms with Gasteiger partial charge in [0.05, 0.1) is 11.5 Å². The number of benzene rings is 2. The fourth-order valence-electron chi connectivity index (χ4n) is 2.73. The molecule has 132 valence electrons. The standard InChI is InChI=1S/C17H22N2O3S.ClH/c1-2-22-16-9-10-17(14-6-4-3-5-13(14)16)23(20,21)19-11-15(18)12-7-8-12;/h3-6,9-10,12,15,19H,2,7-8,11,18H2,1H3;1H. The Bertz CT molecular complexity index is 807. The lowest BCUT2D eigenvalue weighted by molar-refractivity contribution is 0.344. The van der Waals surface area contributed by atoms with E-state index in [-0.39, 0.29) is 29.9 Å². The largest absolute Gasteiger partial charge is 0.493 e. The first-order chi connectivity index (χ1) is 11.0. The van der Waals surface area contributed by atoms with Crippen LogP contribution >= 0.6 is 12.4 Å². The van der Waals surface area contributed by atoms with Crippen LogP contribution in [-0.4, -0.2) is 27.6 Å². The van der Waals surface area contributed by atoms with Crippen molar-refractivity contribution < 1.29 is 13.2 Å². The highest BCUT2D eigenvalue weighted by Crippen LogP contribution is 2.32. The summed E-state index contributed by atoms with van der Waals surface area (Å²) in [6, 6.07) is 10.6. The predicted octanol–water partition coefficient (Wildman–Crippen LogP) is 2.68. The Labute approximate surface area is 149 Å². The Balaban J connectivity index is 0.00000208. The Morgan fingerprint density at radius 1 is 1.21 bits per heavy atom. The van der Waals surface area contributed by atoms with Gasteiger partial charge in [-0.05, 0) is 37.8 Å². The van der Waals surface area contributed by atoms with Crippen LogP contribution in [0.4, 0.5) is 0 Å². The summed E-state index contributed by atoms with van der Waals surface area (Å²) in [4.78, 5) is 0.263. The SMILES string of the molecule is CCOc1ccc(S(=O)(=O)NCC(N)C2CC2)c2ccccc12.Cl. The van der Waals surface area contributed by atoms with Gasteiger partial charge in [-0.25, -0.2) is 13.1 Å². The number of halogens is 1. The van der Waals surface area contributed by atoms with Gasteiger partial charge in [0.15, 0.2) is 0 Å². The molecule has 2 aromatic carbocycles. The van der Waals surface area contributed by atoms with Crippen LogP contribution in [0.5, 0.6) is 5.75 Å². The van der Waals surface area contributed by atoms with Crippen LogP contribution in [0.3, 0.4) is 0 Å². The van der Waals surface area contributed by atoms with Crippen molar-refractivity contribution in [2.24, 2.45) is 11.7 Å². The highest BCUT2D eigenvalue weighted by molar-refractivity contribution is 7.89. The van der Waals surface area contributed by atoms with Gasteiger partial charge < -0.3 is 10.5 Å². The number of rotatable bonds is 7. The summed E-state index contributed by atoms with van der Waals surface area (Å²) in [6.07, 6.45) is 2.18. The average Bonchev–Trinajstić information content (AvgIpc) is 3.38. The van der Waals surface area contributed by atoms with E-state index < -0.39 is 10.0 Å². The highest BCUT2D eigenvalue weighted by atomic mass is 35.5. The minimum atomic E-state index is -3.60. The molecule has 1 fully saturated rings. The summed E-state index contributed by atoms with van der Waals surface area (Å²) < 4.78 is 33.5. The number of fused-ring (bicyclic) bond motifs is 1. The molecule has 1 unspecified atom stereocenters. The first kappa shape index (κ1) is 19.0. The van der Waals surface area contributed by atoms with Gasteiger partial charge >= 0.3 is 0 Å². The van der Waals surface area contributed by atoms with Crippen molar-refractivity contribution >= 4 is 33.2 Å². The van der Waals surface area contributed by atoms with E-state index in [1.165, 1.54) is 0 Å². The van der Waals surface area contributed by atoms with E-state index in [1.54, 1.807) is 18.2 Å². The number of hydrogen-bond acceptors (Lipinski definition) is 4. The normalized spacial score (nSPS) is 15.8. The molecule has 0 aromatic heterocycles. The quantitative estimate of drug-likeness (QED) is 0.785. The Morgan fingerprint density at radius 2 is 1.88 bits per heavy atom. The van der Waals surface area contributed by atoms with Crippen molar-refractivity contribution in [1.82, 2.24) is 4.72 Å². The molecular weight excluding hydrogens is 348 g/mol. The molecule has 0 bridgehead atoms. The van der Waals surface area contributed by atoms with E-state index in [0.29, 0.717) is 23.7 Å². The molecule has 7 heteroatoms. The van der Waals surface area contributed by atoms with Gasteiger partial charge in [-0.2, -0.15) is 0 Å². The second-order valence-corrected chi connectivity index (χ2v) is 7.63. The minimum Gasteiger partial charge on any atom is -0.493 e. The number of nitrogens with two attached hydrogens (primary N) is 1. The zero-order valence-electron chi connectivity index (χ0n) is 13.6. The maximum Gasteiger partial charge on any atom is 0.241 e. The molecule has 3 rings (SSSR count). The molecule has 0 heterocycles. The Hall–Kier alpha value is -1.34. The van der Waals surface area contributed by atoms with Crippen molar-refractivity contribution in [3.63, 3.8) is 0 Å². The summed E-state index contributed by atoms with van der Waals surface area (Å²) in [7, 11) is -3.60. The molecule has 3 N–H and O–H groups in total. The first-order valence-electron chi connectivity index (χ1n) is 7.92. The minimum absolute atomic E-state index is 0. The molecule has 1 aliphatic carbocycles. The Morgan fingerprint density at radius 3 is 2.50 bits per heavy atom. The maximum atomic E-state index is 12.7. The molecule has 0 saturated heterocycles. The third kappa shape index (κ3) is 4.00. The van der Waals surface area contributed by atoms with Gasteiger partial charge in [-0.1, -0.05) is 24.3 Å². The molecular formula is C17H23ClN2O3S. The van der Waals surface area contributed by atoms with Crippen molar-refractivity contribution in [2.75, 3.05) is 13.2 Å². The van der Waals surface area contributed by atoms with E-state index in [0.717, 1.165) is 18.2 Å². The third-order valence-electron chi connectivity index (χ3n) is 4.17. The summed E-state index contributed by atoms with van der Waals surface area (Å²) in [6.45, 7) is 2.71. The van der Waals surface area contributed by atoms with Crippen molar-refractivity contribution in [3.05, 3.63) is 36.4 Å². The molecule has 24 heavy (non-hydrogen) atoms. The monoisotopic (exact) mass is 370 g/mol. The molecule has 5 nitrogen and oxygen atoms in total. The zero-order chi connectivity index (χ0) is 16.4. The van der Waals surface area contributed by atoms with Gasteiger partial charge in [0, 0.05) is 23.4 Å². The van der Waals surface area contributed by atoms with Crippen LogP contribution in [0.1, 0.15) is 19.8 Å². The number of sulfonamides is 1. The van der Waals surface area contributed by atoms with Gasteiger partial charge in [-0.3, -0.25) is 0 Å². The van der Waals surface area contributed by atoms with Crippen molar-refractivity contribution in [1.29, 1.82) is 0 Å². The second-order valence-electron chi connectivity index (χ2n) is 5.89. The molecule has 0 aliphatic heterocycles. The number of hydrogen-bond donors (Lipinski definition) is 2. The molecule has 1 aliphatic rings. The van der Waals surface area contributed by atoms with E-state index in [9.17, 15) is 8.42 Å². The van der Waals surface area contributed by atoms with E-state index in [2.05, 4.69) is 4.72 Å². The van der Waals surface area contributed by atoms with Crippen LogP contribution in [0.2, 0.25) is 0 Å². The maximum absolute atomic E-state index is 12.7. The predicted molar refractivity (Wildman–Crippen MR) is 98.3 cm³/mol. The number of ether oxygens (including phenoxy) is 1.